The molecule has 28 heavy (non-hydrogen) atoms. The monoisotopic (exact) mass is 419 g/mol. The van der Waals surface area contributed by atoms with E-state index in [4.69, 9.17) is 16.6 Å². The summed E-state index contributed by atoms with van der Waals surface area (Å²) in [5.41, 5.74) is 13.7. The molecule has 2 rings (SSSR count). The van der Waals surface area contributed by atoms with Crippen LogP contribution in [0, 0.1) is 0 Å². The third kappa shape index (κ3) is 7.55. The molecule has 0 aliphatic carbocycles. The highest BCUT2D eigenvalue weighted by Gasteiger charge is 2.22. The highest BCUT2D eigenvalue weighted by molar-refractivity contribution is 8.76. The van der Waals surface area contributed by atoms with Crippen LogP contribution in [0.25, 0.3) is 0 Å². The maximum absolute atomic E-state index is 12.9. The largest absolute Gasteiger partial charge is 0.480 e. The molecule has 0 bridgehead atoms. The molecular formula is C20H25N3O3S2. The van der Waals surface area contributed by atoms with Crippen LogP contribution in [0.15, 0.2) is 60.7 Å². The van der Waals surface area contributed by atoms with E-state index in [0.29, 0.717) is 18.8 Å². The molecule has 8 heteroatoms. The maximum atomic E-state index is 12.9. The number of hydrogen-bond acceptors (Lipinski definition) is 6. The number of carboxylic acids is 1. The number of amides is 1. The SMILES string of the molecule is N[C@@H](CSSC[C@H](N)C(=O)N(Cc1ccccc1)Cc1ccccc1)C(=O)O. The van der Waals surface area contributed by atoms with Crippen molar-refractivity contribution in [3.63, 3.8) is 0 Å². The number of nitrogens with two attached hydrogens (primary N) is 2. The molecule has 6 nitrogen and oxygen atoms in total. The molecule has 2 aromatic rings. The summed E-state index contributed by atoms with van der Waals surface area (Å²) < 4.78 is 0. The van der Waals surface area contributed by atoms with E-state index < -0.39 is 18.1 Å². The lowest BCUT2D eigenvalue weighted by Gasteiger charge is -2.26. The average molecular weight is 420 g/mol. The van der Waals surface area contributed by atoms with Crippen LogP contribution in [-0.2, 0) is 22.7 Å². The van der Waals surface area contributed by atoms with Gasteiger partial charge in [0.05, 0.1) is 6.04 Å². The molecule has 0 aliphatic rings. The molecular weight excluding hydrogens is 394 g/mol. The van der Waals surface area contributed by atoms with Crippen LogP contribution in [0.3, 0.4) is 0 Å². The van der Waals surface area contributed by atoms with Crippen molar-refractivity contribution in [3.05, 3.63) is 71.8 Å². The lowest BCUT2D eigenvalue weighted by molar-refractivity contribution is -0.138. The van der Waals surface area contributed by atoms with Crippen molar-refractivity contribution in [2.24, 2.45) is 11.5 Å². The maximum Gasteiger partial charge on any atom is 0.321 e. The molecule has 1 amide bonds. The molecule has 0 heterocycles. The van der Waals surface area contributed by atoms with E-state index in [9.17, 15) is 9.59 Å². The number of benzene rings is 2. The summed E-state index contributed by atoms with van der Waals surface area (Å²) in [6, 6.07) is 18.0. The second-order valence-electron chi connectivity index (χ2n) is 6.29. The molecule has 0 saturated heterocycles. The van der Waals surface area contributed by atoms with Crippen LogP contribution in [0.2, 0.25) is 0 Å². The quantitative estimate of drug-likeness (QED) is 0.379. The molecule has 2 aromatic carbocycles. The lowest BCUT2D eigenvalue weighted by Crippen LogP contribution is -2.44. The molecule has 2 atom stereocenters. The van der Waals surface area contributed by atoms with Gasteiger partial charge in [-0.1, -0.05) is 82.3 Å². The number of carbonyl (C=O) groups is 2. The van der Waals surface area contributed by atoms with Gasteiger partial charge in [0, 0.05) is 24.6 Å². The first-order valence-corrected chi connectivity index (χ1v) is 11.3. The minimum Gasteiger partial charge on any atom is -0.480 e. The van der Waals surface area contributed by atoms with Crippen molar-refractivity contribution in [2.45, 2.75) is 25.2 Å². The first kappa shape index (κ1) is 22.3. The number of hydrogen-bond donors (Lipinski definition) is 3. The minimum absolute atomic E-state index is 0.136. The summed E-state index contributed by atoms with van der Waals surface area (Å²) in [7, 11) is 2.68. The van der Waals surface area contributed by atoms with E-state index in [1.54, 1.807) is 4.90 Å². The molecule has 0 aromatic heterocycles. The first-order chi connectivity index (χ1) is 13.5. The van der Waals surface area contributed by atoms with Crippen LogP contribution < -0.4 is 11.5 Å². The fourth-order valence-corrected chi connectivity index (χ4v) is 4.67. The van der Waals surface area contributed by atoms with Crippen LogP contribution in [0.1, 0.15) is 11.1 Å². The van der Waals surface area contributed by atoms with E-state index in [2.05, 4.69) is 0 Å². The smallest absolute Gasteiger partial charge is 0.321 e. The third-order valence-corrected chi connectivity index (χ3v) is 6.43. The van der Waals surface area contributed by atoms with Crippen molar-refractivity contribution in [3.8, 4) is 0 Å². The summed E-state index contributed by atoms with van der Waals surface area (Å²) in [5.74, 6) is -0.525. The van der Waals surface area contributed by atoms with E-state index in [0.717, 1.165) is 11.1 Å². The molecule has 0 aliphatic heterocycles. The van der Waals surface area contributed by atoms with E-state index in [1.807, 2.05) is 60.7 Å². The standard InChI is InChI=1S/C20H25N3O3S2/c21-17(13-27-28-14-18(22)20(25)26)19(24)23(11-15-7-3-1-4-8-15)12-16-9-5-2-6-10-16/h1-10,17-18H,11-14,21-22H2,(H,25,26)/t17-,18-/m0/s1. The molecule has 0 unspecified atom stereocenters. The van der Waals surface area contributed by atoms with Gasteiger partial charge in [0.1, 0.15) is 6.04 Å². The van der Waals surface area contributed by atoms with Crippen molar-refractivity contribution >= 4 is 33.5 Å². The van der Waals surface area contributed by atoms with Gasteiger partial charge in [0.15, 0.2) is 0 Å². The Balaban J connectivity index is 1.96. The van der Waals surface area contributed by atoms with E-state index in [1.165, 1.54) is 21.6 Å². The predicted molar refractivity (Wildman–Crippen MR) is 116 cm³/mol. The average Bonchev–Trinajstić information content (AvgIpc) is 2.71. The third-order valence-electron chi connectivity index (χ3n) is 3.96. The van der Waals surface area contributed by atoms with Crippen molar-refractivity contribution in [2.75, 3.05) is 11.5 Å². The van der Waals surface area contributed by atoms with Gasteiger partial charge in [0.25, 0.3) is 0 Å². The summed E-state index contributed by atoms with van der Waals surface area (Å²) in [6.45, 7) is 0.952. The van der Waals surface area contributed by atoms with Crippen LogP contribution in [0.4, 0.5) is 0 Å². The number of aliphatic carboxylic acids is 1. The summed E-state index contributed by atoms with van der Waals surface area (Å²) in [5, 5.41) is 8.80. The molecule has 0 radical (unpaired) electrons. The number of nitrogens with zero attached hydrogens (tertiary/aromatic N) is 1. The Labute approximate surface area is 173 Å². The lowest BCUT2D eigenvalue weighted by atomic mass is 10.1. The van der Waals surface area contributed by atoms with Gasteiger partial charge < -0.3 is 21.5 Å². The summed E-state index contributed by atoms with van der Waals surface area (Å²) >= 11 is 0. The topological polar surface area (TPSA) is 110 Å². The molecule has 0 fully saturated rings. The first-order valence-electron chi connectivity index (χ1n) is 8.82. The number of carbonyl (C=O) groups excluding carboxylic acids is 1. The Morgan fingerprint density at radius 1 is 0.821 bits per heavy atom. The van der Waals surface area contributed by atoms with Crippen LogP contribution in [0.5, 0.6) is 0 Å². The number of carboxylic acid groups (broad SMARTS) is 1. The molecule has 0 spiro atoms. The highest BCUT2D eigenvalue weighted by Crippen LogP contribution is 2.23. The number of rotatable bonds is 11. The van der Waals surface area contributed by atoms with E-state index >= 15 is 0 Å². The zero-order chi connectivity index (χ0) is 20.4. The van der Waals surface area contributed by atoms with Gasteiger partial charge in [-0.05, 0) is 11.1 Å². The van der Waals surface area contributed by atoms with Gasteiger partial charge in [-0.25, -0.2) is 0 Å². The zero-order valence-corrected chi connectivity index (χ0v) is 17.1. The van der Waals surface area contributed by atoms with Crippen molar-refractivity contribution in [1.82, 2.24) is 4.90 Å². The zero-order valence-electron chi connectivity index (χ0n) is 15.4. The Kier molecular flexibility index (Phi) is 9.36. The minimum atomic E-state index is -1.04. The second kappa shape index (κ2) is 11.8. The fourth-order valence-electron chi connectivity index (χ4n) is 2.44. The Morgan fingerprint density at radius 3 is 1.68 bits per heavy atom. The van der Waals surface area contributed by atoms with Gasteiger partial charge >= 0.3 is 5.97 Å². The molecule has 5 N–H and O–H groups in total. The normalized spacial score (nSPS) is 12.9. The van der Waals surface area contributed by atoms with Crippen molar-refractivity contribution in [1.29, 1.82) is 0 Å². The molecule has 150 valence electrons. The van der Waals surface area contributed by atoms with Gasteiger partial charge in [0.2, 0.25) is 5.91 Å². The predicted octanol–water partition coefficient (Wildman–Crippen LogP) is 2.34. The van der Waals surface area contributed by atoms with Gasteiger partial charge in [-0.2, -0.15) is 0 Å². The Morgan fingerprint density at radius 2 is 1.25 bits per heavy atom. The Hall–Kier alpha value is -2.00. The van der Waals surface area contributed by atoms with Crippen LogP contribution >= 0.6 is 21.6 Å². The Bertz CT molecular complexity index is 705. The van der Waals surface area contributed by atoms with Gasteiger partial charge in [-0.15, -0.1) is 0 Å². The van der Waals surface area contributed by atoms with E-state index in [-0.39, 0.29) is 11.7 Å². The van der Waals surface area contributed by atoms with Gasteiger partial charge in [-0.3, -0.25) is 9.59 Å². The van der Waals surface area contributed by atoms with Crippen molar-refractivity contribution < 1.29 is 14.7 Å². The highest BCUT2D eigenvalue weighted by atomic mass is 33.1. The summed E-state index contributed by atoms with van der Waals surface area (Å²) in [4.78, 5) is 25.4. The van der Waals surface area contributed by atoms with Crippen LogP contribution in [-0.4, -0.2) is 45.5 Å². The fraction of sp³-hybridized carbons (Fsp3) is 0.300. The molecule has 0 saturated carbocycles. The second-order valence-corrected chi connectivity index (χ2v) is 8.84. The summed E-state index contributed by atoms with van der Waals surface area (Å²) in [6.07, 6.45) is 0.